The summed E-state index contributed by atoms with van der Waals surface area (Å²) in [6.07, 6.45) is 0. The summed E-state index contributed by atoms with van der Waals surface area (Å²) in [5, 5.41) is 0. The van der Waals surface area contributed by atoms with Crippen LogP contribution in [-0.4, -0.2) is 0 Å². The molecule has 0 aromatic heterocycles. The van der Waals surface area contributed by atoms with Gasteiger partial charge in [-0.2, -0.15) is 0 Å². The van der Waals surface area contributed by atoms with Crippen molar-refractivity contribution in [1.82, 2.24) is 0 Å². The van der Waals surface area contributed by atoms with Crippen LogP contribution in [0, 0.1) is 96.9 Å². The smallest absolute Gasteiger partial charge is 0.0520 e. The fourth-order valence-electron chi connectivity index (χ4n) is 16.8. The van der Waals surface area contributed by atoms with Gasteiger partial charge in [-0.3, -0.25) is 0 Å². The molecular formula is C120H132N6. The van der Waals surface area contributed by atoms with Gasteiger partial charge in [-0.1, -0.05) is 273 Å². The van der Waals surface area contributed by atoms with Gasteiger partial charge < -0.3 is 29.4 Å². The van der Waals surface area contributed by atoms with Crippen molar-refractivity contribution in [2.75, 3.05) is 29.4 Å². The van der Waals surface area contributed by atoms with Crippen LogP contribution in [0.2, 0.25) is 0 Å². The minimum Gasteiger partial charge on any atom is -0.311 e. The maximum atomic E-state index is 2.42. The standard InChI is InChI=1S/C44H52N2.C41H46N2.C35H34N2/c1-29-13-17-37(18-14-29)45(41-31(3)25-35(26-32(41)4)43(7,8)9)39-21-23-40(24-22-39)46(38-19-15-30(2)16-20-38)42-33(5)27-36(28-34(42)6)44(10,11)12;1-29-10-17-34(18-11-29)42(35-19-13-32(14-20-35)40(4,5)6)36-23-25-38(26-24-36)43(39-27-12-30(2)28-31(39)3)37-21-15-33(16-22-37)41(7,8)9;1-25-6-13-30(14-7-25)36(31-15-8-26(2)9-16-31)32-19-21-34(22-20-32)37(33-17-10-27(3)11-18-33)35-23-12-28(4)24-29(35)5/h13-28H,1-12H3;10-28H,1-9H3;6-24H,1-5H3. The van der Waals surface area contributed by atoms with Crippen molar-refractivity contribution in [2.45, 2.75) is 202 Å². The van der Waals surface area contributed by atoms with Crippen LogP contribution < -0.4 is 29.4 Å². The van der Waals surface area contributed by atoms with E-state index in [1.165, 1.54) is 123 Å². The van der Waals surface area contributed by atoms with E-state index in [0.29, 0.717) is 0 Å². The zero-order valence-corrected chi connectivity index (χ0v) is 79.9. The van der Waals surface area contributed by atoms with Gasteiger partial charge in [0.25, 0.3) is 0 Å². The maximum Gasteiger partial charge on any atom is 0.0520 e. The average Bonchev–Trinajstić information content (AvgIpc) is 0.759. The number of hydrogen-bond acceptors (Lipinski definition) is 6. The molecule has 15 aromatic rings. The molecule has 0 saturated heterocycles. The summed E-state index contributed by atoms with van der Waals surface area (Å²) in [6.45, 7) is 57.8. The van der Waals surface area contributed by atoms with Gasteiger partial charge in [0.1, 0.15) is 0 Å². The van der Waals surface area contributed by atoms with Gasteiger partial charge in [-0.05, 0) is 356 Å². The Morgan fingerprint density at radius 2 is 0.286 bits per heavy atom. The molecule has 0 N–H and O–H groups in total. The van der Waals surface area contributed by atoms with Crippen LogP contribution in [0.5, 0.6) is 0 Å². The molecule has 6 nitrogen and oxygen atoms in total. The Bertz CT molecular complexity index is 5960. The molecule has 15 aromatic carbocycles. The quantitative estimate of drug-likeness (QED) is 0.0847. The summed E-state index contributed by atoms with van der Waals surface area (Å²) in [4.78, 5) is 14.2. The lowest BCUT2D eigenvalue weighted by Crippen LogP contribution is -2.17. The number of anilines is 18. The molecule has 6 heteroatoms. The van der Waals surface area contributed by atoms with Crippen molar-refractivity contribution in [3.05, 3.63) is 428 Å². The predicted molar refractivity (Wildman–Crippen MR) is 549 cm³/mol. The molecular weight excluding hydrogens is 1530 g/mol. The SMILES string of the molecule is Cc1ccc(N(c2ccc(C)cc2)c2ccc(N(c3ccc(C)cc3)c3ccc(C)cc3C)cc2)cc1.Cc1ccc(N(c2ccc(N(c3ccc(C(C)(C)C)cc3)c3ccc(C)cc3C)cc2)c2ccc(C(C)(C)C)cc2)cc1.Cc1ccc(N(c2ccc(N(c3ccc(C)cc3)c3c(C)cc(C(C)(C)C)cc3C)cc2)c2c(C)cc(C(C)(C)C)cc2C)cc1. The Hall–Kier alpha value is -12.9. The van der Waals surface area contributed by atoms with Crippen LogP contribution in [-0.2, 0) is 21.7 Å². The molecule has 15 rings (SSSR count). The highest BCUT2D eigenvalue weighted by atomic mass is 15.2. The molecule has 126 heavy (non-hydrogen) atoms. The van der Waals surface area contributed by atoms with Gasteiger partial charge in [0.05, 0.1) is 11.4 Å². The van der Waals surface area contributed by atoms with Gasteiger partial charge in [-0.25, -0.2) is 0 Å². The summed E-state index contributed by atoms with van der Waals surface area (Å²) >= 11 is 0. The third-order valence-electron chi connectivity index (χ3n) is 24.2. The Labute approximate surface area is 756 Å². The number of nitrogens with zero attached hydrogens (tertiary/aromatic N) is 6. The molecule has 0 fully saturated rings. The molecule has 0 bridgehead atoms. The number of benzene rings is 15. The molecule has 0 atom stereocenters. The first-order valence-electron chi connectivity index (χ1n) is 44.8. The van der Waals surface area contributed by atoms with Crippen molar-refractivity contribution in [3.63, 3.8) is 0 Å². The first-order valence-corrected chi connectivity index (χ1v) is 44.8. The lowest BCUT2D eigenvalue weighted by atomic mass is 9.84. The van der Waals surface area contributed by atoms with E-state index >= 15 is 0 Å². The third-order valence-corrected chi connectivity index (χ3v) is 24.2. The fraction of sp³-hybridized carbons (Fsp3) is 0.250. The van der Waals surface area contributed by atoms with Gasteiger partial charge >= 0.3 is 0 Å². The van der Waals surface area contributed by atoms with Crippen molar-refractivity contribution in [1.29, 1.82) is 0 Å². The molecule has 0 aliphatic carbocycles. The Kier molecular flexibility index (Phi) is 27.3. The first kappa shape index (κ1) is 90.8. The lowest BCUT2D eigenvalue weighted by Gasteiger charge is -2.32. The molecule has 0 amide bonds. The minimum atomic E-state index is 0.0885. The van der Waals surface area contributed by atoms with E-state index in [0.717, 1.165) is 79.6 Å². The van der Waals surface area contributed by atoms with Crippen LogP contribution in [0.1, 0.15) is 183 Å². The minimum absolute atomic E-state index is 0.0885. The van der Waals surface area contributed by atoms with Crippen molar-refractivity contribution in [3.8, 4) is 0 Å². The van der Waals surface area contributed by atoms with E-state index in [9.17, 15) is 0 Å². The number of rotatable bonds is 18. The molecule has 0 heterocycles. The molecule has 0 aliphatic rings. The zero-order valence-electron chi connectivity index (χ0n) is 79.9. The number of aryl methyl sites for hydroxylation is 14. The Morgan fingerprint density at radius 1 is 0.135 bits per heavy atom. The Morgan fingerprint density at radius 3 is 0.460 bits per heavy atom. The molecule has 642 valence electrons. The largest absolute Gasteiger partial charge is 0.311 e. The van der Waals surface area contributed by atoms with Crippen LogP contribution in [0.15, 0.2) is 328 Å². The van der Waals surface area contributed by atoms with Crippen LogP contribution >= 0.6 is 0 Å². The fourth-order valence-corrected chi connectivity index (χ4v) is 16.8. The second kappa shape index (κ2) is 37.9. The second-order valence-corrected chi connectivity index (χ2v) is 39.2. The van der Waals surface area contributed by atoms with E-state index in [2.05, 4.69) is 537 Å². The summed E-state index contributed by atoms with van der Waals surface area (Å²) in [5.41, 5.74) is 44.3. The maximum absolute atomic E-state index is 2.42. The zero-order chi connectivity index (χ0) is 90.4. The van der Waals surface area contributed by atoms with Crippen LogP contribution in [0.25, 0.3) is 0 Å². The second-order valence-electron chi connectivity index (χ2n) is 39.2. The van der Waals surface area contributed by atoms with Crippen LogP contribution in [0.3, 0.4) is 0 Å². The van der Waals surface area contributed by atoms with E-state index in [4.69, 9.17) is 0 Å². The van der Waals surface area contributed by atoms with Crippen molar-refractivity contribution in [2.24, 2.45) is 0 Å². The van der Waals surface area contributed by atoms with E-state index in [1.807, 2.05) is 0 Å². The highest BCUT2D eigenvalue weighted by molar-refractivity contribution is 5.88. The molecule has 0 spiro atoms. The van der Waals surface area contributed by atoms with Gasteiger partial charge in [0.2, 0.25) is 0 Å². The highest BCUT2D eigenvalue weighted by Gasteiger charge is 2.28. The molecule has 0 saturated carbocycles. The normalized spacial score (nSPS) is 11.6. The van der Waals surface area contributed by atoms with Crippen molar-refractivity contribution >= 4 is 102 Å². The highest BCUT2D eigenvalue weighted by Crippen LogP contribution is 2.48. The molecule has 0 aliphatic heterocycles. The summed E-state index contributed by atoms with van der Waals surface area (Å²) in [6, 6.07) is 121. The topological polar surface area (TPSA) is 19.4 Å². The van der Waals surface area contributed by atoms with Crippen molar-refractivity contribution < 1.29 is 0 Å². The molecule has 0 radical (unpaired) electrons. The van der Waals surface area contributed by atoms with Gasteiger partial charge in [0, 0.05) is 91.0 Å². The third kappa shape index (κ3) is 21.4. The van der Waals surface area contributed by atoms with E-state index < -0.39 is 0 Å². The lowest BCUT2D eigenvalue weighted by molar-refractivity contribution is 0.589. The molecule has 0 unspecified atom stereocenters. The number of hydrogen-bond donors (Lipinski definition) is 0. The summed E-state index contributed by atoms with van der Waals surface area (Å²) < 4.78 is 0. The average molecular weight is 1660 g/mol. The first-order chi connectivity index (χ1) is 59.7. The van der Waals surface area contributed by atoms with Crippen LogP contribution in [0.4, 0.5) is 102 Å². The van der Waals surface area contributed by atoms with E-state index in [1.54, 1.807) is 0 Å². The Balaban J connectivity index is 0.000000163. The summed E-state index contributed by atoms with van der Waals surface area (Å²) in [7, 11) is 0. The predicted octanol–water partition coefficient (Wildman–Crippen LogP) is 35.4. The monoisotopic (exact) mass is 1660 g/mol. The van der Waals surface area contributed by atoms with Gasteiger partial charge in [0.15, 0.2) is 0 Å². The van der Waals surface area contributed by atoms with E-state index in [-0.39, 0.29) is 21.7 Å². The van der Waals surface area contributed by atoms with Gasteiger partial charge in [-0.15, -0.1) is 0 Å². The summed E-state index contributed by atoms with van der Waals surface area (Å²) in [5.74, 6) is 0.